The van der Waals surface area contributed by atoms with E-state index in [4.69, 9.17) is 13.9 Å². The van der Waals surface area contributed by atoms with Crippen molar-refractivity contribution in [3.63, 3.8) is 0 Å². The Morgan fingerprint density at radius 3 is 2.78 bits per heavy atom. The molecule has 0 aliphatic rings. The number of ether oxygens (including phenoxy) is 2. The topological polar surface area (TPSA) is 90.9 Å². The largest absolute Gasteiger partial charge is 0.493 e. The van der Waals surface area contributed by atoms with Crippen LogP contribution in [0.3, 0.4) is 0 Å². The predicted molar refractivity (Wildman–Crippen MR) is 131 cm³/mol. The van der Waals surface area contributed by atoms with E-state index in [1.807, 2.05) is 35.0 Å². The second kappa shape index (κ2) is 10.3. The van der Waals surface area contributed by atoms with Crippen LogP contribution in [-0.4, -0.2) is 27.4 Å². The molecular weight excluding hydrogens is 463 g/mol. The molecule has 0 fully saturated rings. The van der Waals surface area contributed by atoms with E-state index in [0.717, 1.165) is 11.3 Å². The van der Waals surface area contributed by atoms with E-state index in [-0.39, 0.29) is 24.8 Å². The van der Waals surface area contributed by atoms with Gasteiger partial charge >= 0.3 is 0 Å². The summed E-state index contributed by atoms with van der Waals surface area (Å²) in [6, 6.07) is 16.9. The number of imidazole rings is 1. The summed E-state index contributed by atoms with van der Waals surface area (Å²) in [6.07, 6.45) is 5.88. The van der Waals surface area contributed by atoms with E-state index in [1.54, 1.807) is 43.6 Å². The van der Waals surface area contributed by atoms with Crippen LogP contribution >= 0.6 is 0 Å². The molecule has 5 rings (SSSR count). The third kappa shape index (κ3) is 5.35. The van der Waals surface area contributed by atoms with Crippen molar-refractivity contribution in [1.29, 1.82) is 0 Å². The first kappa shape index (κ1) is 23.1. The molecule has 0 radical (unpaired) electrons. The molecule has 0 saturated carbocycles. The number of carbonyl (C=O) groups is 1. The Morgan fingerprint density at radius 1 is 1.11 bits per heavy atom. The zero-order valence-electron chi connectivity index (χ0n) is 19.5. The second-order valence-electron chi connectivity index (χ2n) is 8.03. The van der Waals surface area contributed by atoms with Crippen LogP contribution in [0.1, 0.15) is 18.0 Å². The van der Waals surface area contributed by atoms with Gasteiger partial charge in [0.2, 0.25) is 5.91 Å². The monoisotopic (exact) mass is 486 g/mol. The maximum atomic E-state index is 13.1. The Morgan fingerprint density at radius 2 is 1.97 bits per heavy atom. The van der Waals surface area contributed by atoms with Crippen molar-refractivity contribution in [2.75, 3.05) is 12.4 Å². The highest BCUT2D eigenvalue weighted by molar-refractivity contribution is 5.91. The van der Waals surface area contributed by atoms with Crippen LogP contribution in [0.2, 0.25) is 0 Å². The van der Waals surface area contributed by atoms with Crippen molar-refractivity contribution in [2.45, 2.75) is 19.4 Å². The van der Waals surface area contributed by atoms with E-state index in [0.29, 0.717) is 40.8 Å². The number of halogens is 1. The van der Waals surface area contributed by atoms with Crippen molar-refractivity contribution in [3.05, 3.63) is 96.7 Å². The summed E-state index contributed by atoms with van der Waals surface area (Å²) >= 11 is 0. The minimum Gasteiger partial charge on any atom is -0.493 e. The normalized spacial score (nSPS) is 10.9. The molecule has 8 nitrogen and oxygen atoms in total. The quantitative estimate of drug-likeness (QED) is 0.305. The molecule has 9 heteroatoms. The fraction of sp³-hybridized carbons (Fsp3) is 0.148. The van der Waals surface area contributed by atoms with Crippen molar-refractivity contribution >= 4 is 17.2 Å². The van der Waals surface area contributed by atoms with Gasteiger partial charge in [0.15, 0.2) is 23.1 Å². The minimum absolute atomic E-state index is 0.173. The number of methoxy groups -OCH3 is 1. The van der Waals surface area contributed by atoms with Crippen LogP contribution in [0.4, 0.5) is 10.1 Å². The lowest BCUT2D eigenvalue weighted by atomic mass is 10.2. The number of nitrogens with zero attached hydrogens (tertiary/aromatic N) is 3. The molecule has 0 spiro atoms. The minimum atomic E-state index is -0.322. The molecule has 3 heterocycles. The maximum absolute atomic E-state index is 13.1. The first-order valence-corrected chi connectivity index (χ1v) is 11.3. The molecule has 1 N–H and O–H groups in total. The van der Waals surface area contributed by atoms with Crippen molar-refractivity contribution in [2.24, 2.45) is 0 Å². The maximum Gasteiger partial charge on any atom is 0.224 e. The number of rotatable bonds is 9. The fourth-order valence-corrected chi connectivity index (χ4v) is 3.69. The summed E-state index contributed by atoms with van der Waals surface area (Å²) in [6.45, 7) is 0.246. The third-order valence-corrected chi connectivity index (χ3v) is 5.49. The fourth-order valence-electron chi connectivity index (χ4n) is 3.69. The summed E-state index contributed by atoms with van der Waals surface area (Å²) in [5.41, 5.74) is 2.89. The van der Waals surface area contributed by atoms with Gasteiger partial charge in [-0.05, 0) is 48.5 Å². The van der Waals surface area contributed by atoms with E-state index in [2.05, 4.69) is 15.3 Å². The predicted octanol–water partition coefficient (Wildman–Crippen LogP) is 5.29. The van der Waals surface area contributed by atoms with Crippen molar-refractivity contribution in [1.82, 2.24) is 14.4 Å². The zero-order chi connectivity index (χ0) is 24.9. The second-order valence-corrected chi connectivity index (χ2v) is 8.03. The number of amides is 1. The van der Waals surface area contributed by atoms with Crippen LogP contribution in [0.5, 0.6) is 11.5 Å². The Hall–Kier alpha value is -4.66. The highest BCUT2D eigenvalue weighted by Crippen LogP contribution is 2.31. The molecule has 36 heavy (non-hydrogen) atoms. The van der Waals surface area contributed by atoms with Crippen molar-refractivity contribution in [3.8, 4) is 22.8 Å². The van der Waals surface area contributed by atoms with Crippen LogP contribution < -0.4 is 14.8 Å². The van der Waals surface area contributed by atoms with Crippen LogP contribution in [-0.2, 0) is 17.8 Å². The number of hydrogen-bond acceptors (Lipinski definition) is 6. The van der Waals surface area contributed by atoms with E-state index >= 15 is 0 Å². The van der Waals surface area contributed by atoms with Gasteiger partial charge in [-0.1, -0.05) is 6.07 Å². The van der Waals surface area contributed by atoms with Gasteiger partial charge in [0.05, 0.1) is 19.0 Å². The van der Waals surface area contributed by atoms with Crippen molar-refractivity contribution < 1.29 is 23.1 Å². The molecular formula is C27H23FN4O4. The molecule has 182 valence electrons. The van der Waals surface area contributed by atoms with E-state index in [1.165, 1.54) is 12.1 Å². The van der Waals surface area contributed by atoms with Gasteiger partial charge in [0.25, 0.3) is 0 Å². The molecule has 0 aliphatic carbocycles. The number of pyridine rings is 1. The lowest BCUT2D eigenvalue weighted by molar-refractivity contribution is -0.116. The average molecular weight is 487 g/mol. The number of nitrogens with one attached hydrogen (secondary N) is 1. The van der Waals surface area contributed by atoms with Gasteiger partial charge in [0.1, 0.15) is 18.1 Å². The van der Waals surface area contributed by atoms with Gasteiger partial charge in [-0.3, -0.25) is 4.79 Å². The Bertz CT molecular complexity index is 1460. The molecule has 0 unspecified atom stereocenters. The van der Waals surface area contributed by atoms with Crippen LogP contribution in [0, 0.1) is 5.82 Å². The Kier molecular flexibility index (Phi) is 6.61. The summed E-state index contributed by atoms with van der Waals surface area (Å²) in [4.78, 5) is 21.3. The van der Waals surface area contributed by atoms with Gasteiger partial charge in [-0.2, -0.15) is 0 Å². The summed E-state index contributed by atoms with van der Waals surface area (Å²) in [5.74, 6) is 1.46. The number of benzene rings is 2. The highest BCUT2D eigenvalue weighted by Gasteiger charge is 2.12. The first-order chi connectivity index (χ1) is 17.6. The molecule has 5 aromatic rings. The zero-order valence-corrected chi connectivity index (χ0v) is 19.5. The Balaban J connectivity index is 1.19. The highest BCUT2D eigenvalue weighted by atomic mass is 19.1. The molecule has 2 aromatic carbocycles. The molecule has 3 aromatic heterocycles. The first-order valence-electron chi connectivity index (χ1n) is 11.3. The number of aryl methyl sites for hydroxylation is 1. The lowest BCUT2D eigenvalue weighted by Gasteiger charge is -2.12. The van der Waals surface area contributed by atoms with Gasteiger partial charge in [-0.25, -0.2) is 14.4 Å². The summed E-state index contributed by atoms with van der Waals surface area (Å²) in [5, 5.41) is 2.86. The number of oxazole rings is 1. The van der Waals surface area contributed by atoms with Crippen LogP contribution in [0.15, 0.2) is 83.7 Å². The Labute approximate surface area is 206 Å². The van der Waals surface area contributed by atoms with E-state index < -0.39 is 0 Å². The standard InChI is InChI=1S/C27H23FN4O4/c1-34-22-10-9-20(14-23(22)35-17-21-16-32-13-3-2-4-25(32)30-21)31-26(33)11-12-27-29-15-24(36-27)18-5-7-19(28)8-6-18/h2-10,13-16H,11-12,17H2,1H3,(H,31,33). The van der Waals surface area contributed by atoms with Gasteiger partial charge in [0, 0.05) is 42.6 Å². The smallest absolute Gasteiger partial charge is 0.224 e. The van der Waals surface area contributed by atoms with Gasteiger partial charge in [-0.15, -0.1) is 0 Å². The molecule has 0 atom stereocenters. The molecule has 1 amide bonds. The lowest BCUT2D eigenvalue weighted by Crippen LogP contribution is -2.12. The molecule has 0 saturated heterocycles. The number of fused-ring (bicyclic) bond motifs is 1. The number of anilines is 1. The van der Waals surface area contributed by atoms with Gasteiger partial charge < -0.3 is 23.6 Å². The van der Waals surface area contributed by atoms with E-state index in [9.17, 15) is 9.18 Å². The third-order valence-electron chi connectivity index (χ3n) is 5.49. The number of carbonyl (C=O) groups excluding carboxylic acids is 1. The number of hydrogen-bond donors (Lipinski definition) is 1. The molecule has 0 aliphatic heterocycles. The summed E-state index contributed by atoms with van der Waals surface area (Å²) in [7, 11) is 1.56. The average Bonchev–Trinajstić information content (AvgIpc) is 3.54. The SMILES string of the molecule is COc1ccc(NC(=O)CCc2ncc(-c3ccc(F)cc3)o2)cc1OCc1cn2ccccc2n1. The summed E-state index contributed by atoms with van der Waals surface area (Å²) < 4.78 is 32.1. The molecule has 0 bridgehead atoms. The van der Waals surface area contributed by atoms with Crippen LogP contribution in [0.25, 0.3) is 17.0 Å². The number of aromatic nitrogens is 3.